The van der Waals surface area contributed by atoms with Gasteiger partial charge in [-0.25, -0.2) is 4.79 Å². The average molecular weight is 176 g/mol. The molecule has 0 heterocycles. The summed E-state index contributed by atoms with van der Waals surface area (Å²) in [6, 6.07) is 6.93. The summed E-state index contributed by atoms with van der Waals surface area (Å²) in [5, 5.41) is 8.64. The Bertz CT molecular complexity index is 298. The first-order chi connectivity index (χ1) is 6.24. The minimum Gasteiger partial charge on any atom is -0.478 e. The monoisotopic (exact) mass is 176 g/mol. The van der Waals surface area contributed by atoms with Crippen molar-refractivity contribution in [1.82, 2.24) is 0 Å². The van der Waals surface area contributed by atoms with Crippen LogP contribution < -0.4 is 0 Å². The lowest BCUT2D eigenvalue weighted by Crippen LogP contribution is -1.95. The van der Waals surface area contributed by atoms with Crippen molar-refractivity contribution >= 4 is 5.97 Å². The van der Waals surface area contributed by atoms with Crippen molar-refractivity contribution in [1.29, 1.82) is 0 Å². The maximum atomic E-state index is 10.5. The number of aryl methyl sites for hydroxylation is 1. The Balaban J connectivity index is 2.69. The number of carboxylic acid groups (broad SMARTS) is 1. The zero-order valence-electron chi connectivity index (χ0n) is 7.36. The molecule has 1 aromatic rings. The molecule has 1 N–H and O–H groups in total. The molecule has 1 aromatic carbocycles. The molecule has 0 saturated carbocycles. The zero-order valence-corrected chi connectivity index (χ0v) is 7.36. The van der Waals surface area contributed by atoms with Crippen LogP contribution in [0.5, 0.6) is 0 Å². The summed E-state index contributed by atoms with van der Waals surface area (Å²) in [5.74, 6) is -0.879. The van der Waals surface area contributed by atoms with Crippen molar-refractivity contribution in [3.8, 4) is 0 Å². The molecule has 0 aliphatic rings. The van der Waals surface area contributed by atoms with E-state index in [-0.39, 0.29) is 0 Å². The van der Waals surface area contributed by atoms with Crippen molar-refractivity contribution in [2.75, 3.05) is 0 Å². The van der Waals surface area contributed by atoms with Crippen LogP contribution in [0.15, 0.2) is 36.9 Å². The summed E-state index contributed by atoms with van der Waals surface area (Å²) < 4.78 is 0. The number of carbonyl (C=O) groups is 1. The molecule has 0 bridgehead atoms. The number of allylic oxidation sites excluding steroid dienone is 1. The molecule has 0 unspecified atom stereocenters. The van der Waals surface area contributed by atoms with Gasteiger partial charge < -0.3 is 5.11 Å². The molecule has 68 valence electrons. The van der Waals surface area contributed by atoms with Crippen LogP contribution in [0.25, 0.3) is 0 Å². The lowest BCUT2D eigenvalue weighted by molar-refractivity contribution is 0.0697. The lowest BCUT2D eigenvalue weighted by Gasteiger charge is -1.98. The minimum atomic E-state index is -0.879. The van der Waals surface area contributed by atoms with Crippen LogP contribution in [0, 0.1) is 0 Å². The van der Waals surface area contributed by atoms with Crippen LogP contribution in [-0.4, -0.2) is 11.1 Å². The van der Waals surface area contributed by atoms with E-state index in [1.165, 1.54) is 0 Å². The Morgan fingerprint density at radius 1 is 1.38 bits per heavy atom. The van der Waals surface area contributed by atoms with Gasteiger partial charge in [0, 0.05) is 0 Å². The largest absolute Gasteiger partial charge is 0.478 e. The van der Waals surface area contributed by atoms with Gasteiger partial charge in [0.05, 0.1) is 5.56 Å². The van der Waals surface area contributed by atoms with Gasteiger partial charge in [-0.15, -0.1) is 6.58 Å². The van der Waals surface area contributed by atoms with Gasteiger partial charge in [0.25, 0.3) is 0 Å². The van der Waals surface area contributed by atoms with E-state index in [1.807, 2.05) is 18.2 Å². The van der Waals surface area contributed by atoms with Gasteiger partial charge in [-0.05, 0) is 30.5 Å². The third kappa shape index (κ3) is 2.75. The van der Waals surface area contributed by atoms with Crippen LogP contribution >= 0.6 is 0 Å². The molecule has 0 aliphatic heterocycles. The first kappa shape index (κ1) is 9.52. The molecular weight excluding hydrogens is 164 g/mol. The van der Waals surface area contributed by atoms with Crippen molar-refractivity contribution in [2.45, 2.75) is 12.8 Å². The maximum Gasteiger partial charge on any atom is 0.335 e. The van der Waals surface area contributed by atoms with Crippen LogP contribution in [0.3, 0.4) is 0 Å². The van der Waals surface area contributed by atoms with Crippen molar-refractivity contribution < 1.29 is 9.90 Å². The molecule has 0 aliphatic carbocycles. The molecule has 0 atom stereocenters. The molecule has 1 rings (SSSR count). The third-order valence-corrected chi connectivity index (χ3v) is 1.84. The van der Waals surface area contributed by atoms with E-state index in [9.17, 15) is 4.79 Å². The molecule has 0 aromatic heterocycles. The normalized spacial score (nSPS) is 9.54. The lowest BCUT2D eigenvalue weighted by atomic mass is 10.1. The fourth-order valence-electron chi connectivity index (χ4n) is 1.08. The Labute approximate surface area is 77.5 Å². The molecular formula is C11H12O2. The smallest absolute Gasteiger partial charge is 0.335 e. The van der Waals surface area contributed by atoms with Gasteiger partial charge in [-0.3, -0.25) is 0 Å². The standard InChI is InChI=1S/C11H12O2/c1-2-3-4-9-5-7-10(8-6-9)11(12)13/h2,5-8H,1,3-4H2,(H,12,13). The average Bonchev–Trinajstić information content (AvgIpc) is 2.15. The van der Waals surface area contributed by atoms with E-state index in [4.69, 9.17) is 5.11 Å². The third-order valence-electron chi connectivity index (χ3n) is 1.84. The summed E-state index contributed by atoms with van der Waals surface area (Å²) in [6.07, 6.45) is 3.70. The van der Waals surface area contributed by atoms with Gasteiger partial charge in [-0.1, -0.05) is 18.2 Å². The van der Waals surface area contributed by atoms with Gasteiger partial charge in [0.1, 0.15) is 0 Å². The second-order valence-electron chi connectivity index (χ2n) is 2.83. The van der Waals surface area contributed by atoms with Crippen molar-refractivity contribution in [3.63, 3.8) is 0 Å². The van der Waals surface area contributed by atoms with Crippen LogP contribution in [0.4, 0.5) is 0 Å². The SMILES string of the molecule is C=CCCc1ccc(C(=O)O)cc1. The molecule has 0 radical (unpaired) electrons. The Kier molecular flexibility index (Phi) is 3.26. The second-order valence-corrected chi connectivity index (χ2v) is 2.83. The van der Waals surface area contributed by atoms with Gasteiger partial charge in [0.15, 0.2) is 0 Å². The molecule has 0 spiro atoms. The summed E-state index contributed by atoms with van der Waals surface area (Å²) in [7, 11) is 0. The van der Waals surface area contributed by atoms with E-state index >= 15 is 0 Å². The fourth-order valence-corrected chi connectivity index (χ4v) is 1.08. The Morgan fingerprint density at radius 2 is 2.00 bits per heavy atom. The quantitative estimate of drug-likeness (QED) is 0.715. The van der Waals surface area contributed by atoms with Crippen LogP contribution in [-0.2, 0) is 6.42 Å². The predicted octanol–water partition coefficient (Wildman–Crippen LogP) is 2.50. The predicted molar refractivity (Wildman–Crippen MR) is 51.9 cm³/mol. The highest BCUT2D eigenvalue weighted by atomic mass is 16.4. The van der Waals surface area contributed by atoms with Crippen molar-refractivity contribution in [2.24, 2.45) is 0 Å². The number of rotatable bonds is 4. The molecule has 13 heavy (non-hydrogen) atoms. The van der Waals surface area contributed by atoms with Gasteiger partial charge in [-0.2, -0.15) is 0 Å². The fraction of sp³-hybridized carbons (Fsp3) is 0.182. The Hall–Kier alpha value is -1.57. The highest BCUT2D eigenvalue weighted by Crippen LogP contribution is 2.06. The molecule has 2 nitrogen and oxygen atoms in total. The molecule has 0 amide bonds. The second kappa shape index (κ2) is 4.45. The van der Waals surface area contributed by atoms with Gasteiger partial charge >= 0.3 is 5.97 Å². The zero-order chi connectivity index (χ0) is 9.68. The van der Waals surface area contributed by atoms with E-state index in [2.05, 4.69) is 6.58 Å². The number of aromatic carboxylic acids is 1. The number of hydrogen-bond acceptors (Lipinski definition) is 1. The summed E-state index contributed by atoms with van der Waals surface area (Å²) in [6.45, 7) is 3.63. The first-order valence-corrected chi connectivity index (χ1v) is 4.17. The van der Waals surface area contributed by atoms with E-state index < -0.39 is 5.97 Å². The highest BCUT2D eigenvalue weighted by molar-refractivity contribution is 5.87. The summed E-state index contributed by atoms with van der Waals surface area (Å²) >= 11 is 0. The van der Waals surface area contributed by atoms with Gasteiger partial charge in [0.2, 0.25) is 0 Å². The van der Waals surface area contributed by atoms with Crippen molar-refractivity contribution in [3.05, 3.63) is 48.0 Å². The number of carboxylic acids is 1. The highest BCUT2D eigenvalue weighted by Gasteiger charge is 2.00. The van der Waals surface area contributed by atoms with E-state index in [0.29, 0.717) is 5.56 Å². The van der Waals surface area contributed by atoms with E-state index in [0.717, 1.165) is 18.4 Å². The minimum absolute atomic E-state index is 0.336. The molecule has 0 saturated heterocycles. The summed E-state index contributed by atoms with van der Waals surface area (Å²) in [4.78, 5) is 10.5. The number of benzene rings is 1. The number of hydrogen-bond donors (Lipinski definition) is 1. The molecule has 2 heteroatoms. The Morgan fingerprint density at radius 3 is 2.46 bits per heavy atom. The van der Waals surface area contributed by atoms with E-state index in [1.54, 1.807) is 12.1 Å². The molecule has 0 fully saturated rings. The summed E-state index contributed by atoms with van der Waals surface area (Å²) in [5.41, 5.74) is 1.48. The topological polar surface area (TPSA) is 37.3 Å². The van der Waals surface area contributed by atoms with Crippen LogP contribution in [0.1, 0.15) is 22.3 Å². The first-order valence-electron chi connectivity index (χ1n) is 4.17. The maximum absolute atomic E-state index is 10.5. The van der Waals surface area contributed by atoms with Crippen LogP contribution in [0.2, 0.25) is 0 Å².